The molecule has 0 aliphatic heterocycles. The monoisotopic (exact) mass is 397 g/mol. The highest BCUT2D eigenvalue weighted by Crippen LogP contribution is 2.35. The number of rotatable bonds is 8. The first kappa shape index (κ1) is 18.7. The molecule has 0 atom stereocenters. The molecule has 8 heteroatoms. The van der Waals surface area contributed by atoms with Crippen molar-refractivity contribution < 1.29 is 4.79 Å². The summed E-state index contributed by atoms with van der Waals surface area (Å²) in [5.41, 5.74) is 0.678. The zero-order valence-corrected chi connectivity index (χ0v) is 16.7. The lowest BCUT2D eigenvalue weighted by Gasteiger charge is -2.12. The summed E-state index contributed by atoms with van der Waals surface area (Å²) in [6, 6.07) is 7.60. The molecule has 1 aromatic carbocycles. The second kappa shape index (κ2) is 8.18. The predicted molar refractivity (Wildman–Crippen MR) is 110 cm³/mol. The lowest BCUT2D eigenvalue weighted by molar-refractivity contribution is -0.116. The highest BCUT2D eigenvalue weighted by Gasteiger charge is 2.28. The van der Waals surface area contributed by atoms with Gasteiger partial charge in [0, 0.05) is 25.3 Å². The first-order chi connectivity index (χ1) is 13.7. The van der Waals surface area contributed by atoms with E-state index in [0.29, 0.717) is 28.3 Å². The van der Waals surface area contributed by atoms with Crippen LogP contribution in [0.3, 0.4) is 0 Å². The second-order valence-corrected chi connectivity index (χ2v) is 8.17. The van der Waals surface area contributed by atoms with E-state index in [1.54, 1.807) is 4.57 Å². The van der Waals surface area contributed by atoms with E-state index in [1.807, 2.05) is 24.3 Å². The molecule has 1 saturated carbocycles. The molecule has 1 N–H and O–H groups in total. The fourth-order valence-corrected chi connectivity index (χ4v) is 4.02. The van der Waals surface area contributed by atoms with Crippen LogP contribution in [0.2, 0.25) is 0 Å². The Labute approximate surface area is 166 Å². The van der Waals surface area contributed by atoms with Crippen molar-refractivity contribution >= 4 is 33.3 Å². The molecule has 1 fully saturated rings. The van der Waals surface area contributed by atoms with Gasteiger partial charge in [-0.25, -0.2) is 4.98 Å². The summed E-state index contributed by atoms with van der Waals surface area (Å²) in [5, 5.41) is 13.1. The van der Waals surface area contributed by atoms with Crippen molar-refractivity contribution in [2.45, 2.75) is 57.9 Å². The molecule has 0 spiro atoms. The molecule has 0 bridgehead atoms. The average Bonchev–Trinajstić information content (AvgIpc) is 3.44. The van der Waals surface area contributed by atoms with E-state index < -0.39 is 0 Å². The summed E-state index contributed by atoms with van der Waals surface area (Å²) >= 11 is 1.42. The third kappa shape index (κ3) is 4.11. The van der Waals surface area contributed by atoms with Crippen LogP contribution in [0.5, 0.6) is 0 Å². The van der Waals surface area contributed by atoms with Crippen molar-refractivity contribution in [3.05, 3.63) is 45.5 Å². The molecule has 4 rings (SSSR count). The Morgan fingerprint density at radius 3 is 2.86 bits per heavy atom. The first-order valence-electron chi connectivity index (χ1n) is 9.78. The quantitative estimate of drug-likeness (QED) is 0.628. The van der Waals surface area contributed by atoms with Crippen LogP contribution in [0.1, 0.15) is 55.9 Å². The third-order valence-electron chi connectivity index (χ3n) is 4.83. The van der Waals surface area contributed by atoms with Gasteiger partial charge in [0.25, 0.3) is 5.56 Å². The minimum absolute atomic E-state index is 0.00630. The summed E-state index contributed by atoms with van der Waals surface area (Å²) in [7, 11) is 0. The lowest BCUT2D eigenvalue weighted by Crippen LogP contribution is -2.25. The molecule has 146 valence electrons. The maximum atomic E-state index is 12.9. The fourth-order valence-electron chi connectivity index (χ4n) is 3.22. The Bertz CT molecular complexity index is 1050. The maximum Gasteiger partial charge on any atom is 0.261 e. The van der Waals surface area contributed by atoms with Crippen LogP contribution in [0, 0.1) is 0 Å². The number of hydrogen-bond donors (Lipinski definition) is 1. The van der Waals surface area contributed by atoms with Gasteiger partial charge in [0.15, 0.2) is 0 Å². The van der Waals surface area contributed by atoms with Crippen molar-refractivity contribution in [2.24, 2.45) is 0 Å². The minimum Gasteiger partial charge on any atom is -0.301 e. The summed E-state index contributed by atoms with van der Waals surface area (Å²) in [6.45, 7) is 2.13. The van der Waals surface area contributed by atoms with E-state index in [4.69, 9.17) is 0 Å². The van der Waals surface area contributed by atoms with Gasteiger partial charge in [0.05, 0.1) is 10.9 Å². The number of carbonyl (C=O) groups excluding carboxylic acids is 1. The van der Waals surface area contributed by atoms with E-state index in [-0.39, 0.29) is 23.9 Å². The third-order valence-corrected chi connectivity index (χ3v) is 5.72. The number of carbonyl (C=O) groups is 1. The molecule has 0 unspecified atom stereocenters. The first-order valence-corrected chi connectivity index (χ1v) is 10.6. The molecule has 1 amide bonds. The highest BCUT2D eigenvalue weighted by molar-refractivity contribution is 7.15. The van der Waals surface area contributed by atoms with Crippen molar-refractivity contribution in [1.29, 1.82) is 0 Å². The van der Waals surface area contributed by atoms with E-state index in [9.17, 15) is 9.59 Å². The average molecular weight is 398 g/mol. The predicted octanol–water partition coefficient (Wildman–Crippen LogP) is 3.50. The van der Waals surface area contributed by atoms with Gasteiger partial charge in [-0.2, -0.15) is 0 Å². The smallest absolute Gasteiger partial charge is 0.261 e. The molecule has 1 aliphatic carbocycles. The van der Waals surface area contributed by atoms with E-state index >= 15 is 0 Å². The largest absolute Gasteiger partial charge is 0.301 e. The summed E-state index contributed by atoms with van der Waals surface area (Å²) in [4.78, 5) is 29.9. The summed E-state index contributed by atoms with van der Waals surface area (Å²) < 4.78 is 1.78. The van der Waals surface area contributed by atoms with E-state index in [2.05, 4.69) is 27.4 Å². The van der Waals surface area contributed by atoms with Gasteiger partial charge in [-0.1, -0.05) is 36.8 Å². The topological polar surface area (TPSA) is 89.8 Å². The molecule has 28 heavy (non-hydrogen) atoms. The van der Waals surface area contributed by atoms with Crippen LogP contribution in [0.15, 0.2) is 29.1 Å². The highest BCUT2D eigenvalue weighted by atomic mass is 32.1. The second-order valence-electron chi connectivity index (χ2n) is 7.10. The number of amides is 1. The van der Waals surface area contributed by atoms with Crippen LogP contribution < -0.4 is 10.9 Å². The number of unbranched alkanes of at least 4 members (excludes halogenated alkanes) is 1. The maximum absolute atomic E-state index is 12.9. The Hall–Kier alpha value is -2.61. The van der Waals surface area contributed by atoms with Gasteiger partial charge in [0.1, 0.15) is 10.8 Å². The number of benzene rings is 1. The summed E-state index contributed by atoms with van der Waals surface area (Å²) in [6.07, 6.45) is 5.70. The number of fused-ring (bicyclic) bond motifs is 1. The molecular weight excluding hydrogens is 374 g/mol. The number of aryl methyl sites for hydroxylation is 2. The minimum atomic E-state index is -0.136. The molecular formula is C20H23N5O2S. The number of hydrogen-bond acceptors (Lipinski definition) is 6. The Balaban J connectivity index is 1.46. The van der Waals surface area contributed by atoms with Crippen molar-refractivity contribution in [3.63, 3.8) is 0 Å². The normalized spacial score (nSPS) is 13.8. The molecule has 0 saturated heterocycles. The van der Waals surface area contributed by atoms with Crippen molar-refractivity contribution in [1.82, 2.24) is 19.7 Å². The summed E-state index contributed by atoms with van der Waals surface area (Å²) in [5.74, 6) is 0.546. The number of anilines is 1. The Morgan fingerprint density at radius 2 is 2.07 bits per heavy atom. The molecule has 2 heterocycles. The molecule has 0 radical (unpaired) electrons. The van der Waals surface area contributed by atoms with Crippen LogP contribution in [-0.2, 0) is 17.6 Å². The van der Waals surface area contributed by atoms with E-state index in [0.717, 1.165) is 37.1 Å². The van der Waals surface area contributed by atoms with E-state index in [1.165, 1.54) is 11.3 Å². The van der Waals surface area contributed by atoms with Crippen LogP contribution in [0.4, 0.5) is 5.13 Å². The number of aromatic nitrogens is 4. The van der Waals surface area contributed by atoms with Gasteiger partial charge in [-0.15, -0.1) is 10.2 Å². The molecule has 1 aliphatic rings. The van der Waals surface area contributed by atoms with Crippen LogP contribution in [-0.4, -0.2) is 25.7 Å². The van der Waals surface area contributed by atoms with Gasteiger partial charge in [0.2, 0.25) is 11.0 Å². The Morgan fingerprint density at radius 1 is 1.25 bits per heavy atom. The lowest BCUT2D eigenvalue weighted by atomic mass is 10.2. The standard InChI is InChI=1S/C20H23N5O2S/c1-2-3-8-18-23-24-20(28-18)22-17(26)12-11-16-21-15-7-5-4-6-14(15)19(27)25(16)13-9-10-13/h4-7,13H,2-3,8-12H2,1H3,(H,22,24,26). The van der Waals surface area contributed by atoms with Crippen molar-refractivity contribution in [2.75, 3.05) is 5.32 Å². The number of para-hydroxylation sites is 1. The van der Waals surface area contributed by atoms with Gasteiger partial charge >= 0.3 is 0 Å². The molecule has 3 aromatic rings. The van der Waals surface area contributed by atoms with Gasteiger partial charge in [-0.3, -0.25) is 14.2 Å². The van der Waals surface area contributed by atoms with Gasteiger partial charge < -0.3 is 5.32 Å². The zero-order chi connectivity index (χ0) is 19.5. The number of nitrogens with zero attached hydrogens (tertiary/aromatic N) is 4. The van der Waals surface area contributed by atoms with Crippen LogP contribution >= 0.6 is 11.3 Å². The van der Waals surface area contributed by atoms with Crippen LogP contribution in [0.25, 0.3) is 10.9 Å². The van der Waals surface area contributed by atoms with Crippen molar-refractivity contribution in [3.8, 4) is 0 Å². The Kier molecular flexibility index (Phi) is 5.47. The zero-order valence-electron chi connectivity index (χ0n) is 15.9. The van der Waals surface area contributed by atoms with Gasteiger partial charge in [-0.05, 0) is 31.4 Å². The SMILES string of the molecule is CCCCc1nnc(NC(=O)CCc2nc3ccccc3c(=O)n2C2CC2)s1. The fraction of sp³-hybridized carbons (Fsp3) is 0.450. The number of nitrogens with one attached hydrogen (secondary N) is 1. The molecule has 2 aromatic heterocycles. The molecule has 7 nitrogen and oxygen atoms in total.